The van der Waals surface area contributed by atoms with Crippen LogP contribution in [0.25, 0.3) is 0 Å². The van der Waals surface area contributed by atoms with Crippen molar-refractivity contribution in [3.05, 3.63) is 28.2 Å². The van der Waals surface area contributed by atoms with Crippen molar-refractivity contribution in [2.45, 2.75) is 17.2 Å². The third kappa shape index (κ3) is 4.63. The molecule has 0 radical (unpaired) electrons. The van der Waals surface area contributed by atoms with Crippen molar-refractivity contribution in [3.8, 4) is 0 Å². The normalized spacial score (nSPS) is 12.1. The van der Waals surface area contributed by atoms with Gasteiger partial charge in [-0.3, -0.25) is 0 Å². The summed E-state index contributed by atoms with van der Waals surface area (Å²) in [4.78, 5) is 0.275. The fourth-order valence-electron chi connectivity index (χ4n) is 1.55. The van der Waals surface area contributed by atoms with Gasteiger partial charge in [0.15, 0.2) is 0 Å². The van der Waals surface area contributed by atoms with Crippen molar-refractivity contribution in [1.82, 2.24) is 4.31 Å². The molecule has 0 aliphatic rings. The molecule has 1 rings (SSSR count). The molecule has 0 aliphatic heterocycles. The largest absolute Gasteiger partial charge is 0.243 e. The molecular formula is C12H17BrClNO2S2. The number of nitrogens with zero attached hydrogens (tertiary/aromatic N) is 1. The SMILES string of the molecule is CSCCCN(C)S(=O)(=O)c1cc(CCl)ccc1Br. The summed E-state index contributed by atoms with van der Waals surface area (Å²) in [7, 11) is -1.86. The van der Waals surface area contributed by atoms with Gasteiger partial charge in [-0.05, 0) is 52.1 Å². The quantitative estimate of drug-likeness (QED) is 0.531. The van der Waals surface area contributed by atoms with Crippen LogP contribution in [0.4, 0.5) is 0 Å². The molecule has 0 aromatic heterocycles. The molecule has 0 saturated heterocycles. The maximum atomic E-state index is 12.5. The first-order valence-corrected chi connectivity index (χ1v) is 9.89. The monoisotopic (exact) mass is 385 g/mol. The number of thioether (sulfide) groups is 1. The molecular weight excluding hydrogens is 370 g/mol. The zero-order chi connectivity index (χ0) is 14.5. The fourth-order valence-corrected chi connectivity index (χ4v) is 4.31. The van der Waals surface area contributed by atoms with Crippen LogP contribution in [0.5, 0.6) is 0 Å². The van der Waals surface area contributed by atoms with Crippen LogP contribution in [0, 0.1) is 0 Å². The molecule has 0 spiro atoms. The number of alkyl halides is 1. The molecule has 0 N–H and O–H groups in total. The van der Waals surface area contributed by atoms with Crippen LogP contribution in [0.3, 0.4) is 0 Å². The summed E-state index contributed by atoms with van der Waals surface area (Å²) in [6.45, 7) is 0.515. The fraction of sp³-hybridized carbons (Fsp3) is 0.500. The zero-order valence-electron chi connectivity index (χ0n) is 10.9. The first kappa shape index (κ1) is 17.3. The van der Waals surface area contributed by atoms with Crippen LogP contribution in [-0.4, -0.2) is 38.3 Å². The molecule has 0 heterocycles. The summed E-state index contributed by atoms with van der Waals surface area (Å²) in [6.07, 6.45) is 2.85. The Morgan fingerprint density at radius 1 is 1.42 bits per heavy atom. The molecule has 0 bridgehead atoms. The molecule has 0 atom stereocenters. The Hall–Kier alpha value is 0.250. The predicted octanol–water partition coefficient (Wildman–Crippen LogP) is 3.56. The van der Waals surface area contributed by atoms with Gasteiger partial charge < -0.3 is 0 Å². The minimum absolute atomic E-state index is 0.275. The molecule has 0 saturated carbocycles. The highest BCUT2D eigenvalue weighted by atomic mass is 79.9. The van der Waals surface area contributed by atoms with Gasteiger partial charge in [-0.1, -0.05) is 6.07 Å². The molecule has 0 aliphatic carbocycles. The summed E-state index contributed by atoms with van der Waals surface area (Å²) < 4.78 is 26.9. The van der Waals surface area contributed by atoms with Gasteiger partial charge in [0.25, 0.3) is 0 Å². The summed E-state index contributed by atoms with van der Waals surface area (Å²) in [5.41, 5.74) is 0.793. The van der Waals surface area contributed by atoms with E-state index < -0.39 is 10.0 Å². The van der Waals surface area contributed by atoms with E-state index in [1.54, 1.807) is 30.9 Å². The van der Waals surface area contributed by atoms with E-state index in [2.05, 4.69) is 15.9 Å². The lowest BCUT2D eigenvalue weighted by molar-refractivity contribution is 0.469. The Morgan fingerprint density at radius 2 is 2.11 bits per heavy atom. The van der Waals surface area contributed by atoms with Gasteiger partial charge in [-0.15, -0.1) is 11.6 Å². The molecule has 0 fully saturated rings. The number of hydrogen-bond donors (Lipinski definition) is 0. The Kier molecular flexibility index (Phi) is 7.18. The molecule has 1 aromatic carbocycles. The Morgan fingerprint density at radius 3 is 2.68 bits per heavy atom. The number of sulfonamides is 1. The molecule has 3 nitrogen and oxygen atoms in total. The summed E-state index contributed by atoms with van der Waals surface area (Å²) in [5.74, 6) is 1.24. The van der Waals surface area contributed by atoms with Gasteiger partial charge in [-0.2, -0.15) is 11.8 Å². The van der Waals surface area contributed by atoms with Crippen molar-refractivity contribution < 1.29 is 8.42 Å². The Balaban J connectivity index is 2.99. The van der Waals surface area contributed by atoms with Crippen molar-refractivity contribution >= 4 is 49.3 Å². The Labute approximate surface area is 132 Å². The number of halogens is 2. The van der Waals surface area contributed by atoms with Crippen molar-refractivity contribution in [3.63, 3.8) is 0 Å². The lowest BCUT2D eigenvalue weighted by Gasteiger charge is -2.18. The molecule has 1 aromatic rings. The van der Waals surface area contributed by atoms with Gasteiger partial charge in [-0.25, -0.2) is 12.7 Å². The zero-order valence-corrected chi connectivity index (χ0v) is 14.9. The minimum atomic E-state index is -3.46. The summed E-state index contributed by atoms with van der Waals surface area (Å²) in [6, 6.07) is 5.15. The van der Waals surface area contributed by atoms with Crippen LogP contribution in [0.2, 0.25) is 0 Å². The van der Waals surface area contributed by atoms with Crippen molar-refractivity contribution in [2.24, 2.45) is 0 Å². The lowest BCUT2D eigenvalue weighted by Crippen LogP contribution is -2.28. The van der Waals surface area contributed by atoms with Crippen molar-refractivity contribution in [2.75, 3.05) is 25.6 Å². The van der Waals surface area contributed by atoms with Gasteiger partial charge in [0, 0.05) is 23.9 Å². The molecule has 7 heteroatoms. The highest BCUT2D eigenvalue weighted by Gasteiger charge is 2.23. The van der Waals surface area contributed by atoms with E-state index >= 15 is 0 Å². The Bertz CT molecular complexity index is 522. The summed E-state index contributed by atoms with van der Waals surface area (Å²) >= 11 is 10.8. The first-order chi connectivity index (χ1) is 8.93. The van der Waals surface area contributed by atoms with Crippen molar-refractivity contribution in [1.29, 1.82) is 0 Å². The first-order valence-electron chi connectivity index (χ1n) is 5.73. The van der Waals surface area contributed by atoms with Crippen LogP contribution in [0.15, 0.2) is 27.6 Å². The molecule has 108 valence electrons. The van der Waals surface area contributed by atoms with E-state index in [0.717, 1.165) is 17.7 Å². The third-order valence-electron chi connectivity index (χ3n) is 2.66. The maximum Gasteiger partial charge on any atom is 0.243 e. The smallest absolute Gasteiger partial charge is 0.207 e. The molecule has 0 unspecified atom stereocenters. The van der Waals surface area contributed by atoms with Crippen LogP contribution >= 0.6 is 39.3 Å². The second kappa shape index (κ2) is 7.88. The highest BCUT2D eigenvalue weighted by Crippen LogP contribution is 2.26. The van der Waals surface area contributed by atoms with E-state index in [1.165, 1.54) is 4.31 Å². The van der Waals surface area contributed by atoms with Gasteiger partial charge in [0.1, 0.15) is 0 Å². The van der Waals surface area contributed by atoms with Gasteiger partial charge in [0.05, 0.1) is 4.90 Å². The van der Waals surface area contributed by atoms with E-state index in [0.29, 0.717) is 16.9 Å². The van der Waals surface area contributed by atoms with E-state index in [4.69, 9.17) is 11.6 Å². The average Bonchev–Trinajstić information content (AvgIpc) is 2.39. The highest BCUT2D eigenvalue weighted by molar-refractivity contribution is 9.10. The number of hydrogen-bond acceptors (Lipinski definition) is 3. The van der Waals surface area contributed by atoms with Crippen LogP contribution < -0.4 is 0 Å². The number of benzene rings is 1. The molecule has 0 amide bonds. The lowest BCUT2D eigenvalue weighted by atomic mass is 10.2. The van der Waals surface area contributed by atoms with E-state index in [-0.39, 0.29) is 4.90 Å². The minimum Gasteiger partial charge on any atom is -0.207 e. The van der Waals surface area contributed by atoms with E-state index in [1.807, 2.05) is 12.3 Å². The molecule has 19 heavy (non-hydrogen) atoms. The van der Waals surface area contributed by atoms with Crippen LogP contribution in [-0.2, 0) is 15.9 Å². The predicted molar refractivity (Wildman–Crippen MR) is 86.5 cm³/mol. The maximum absolute atomic E-state index is 12.5. The van der Waals surface area contributed by atoms with Gasteiger partial charge in [0.2, 0.25) is 10.0 Å². The number of rotatable bonds is 7. The topological polar surface area (TPSA) is 37.4 Å². The van der Waals surface area contributed by atoms with Gasteiger partial charge >= 0.3 is 0 Å². The standard InChI is InChI=1S/C12H17BrClNO2S2/c1-15(6-3-7-18-2)19(16,17)12-8-10(9-14)4-5-11(12)13/h4-5,8H,3,6-7,9H2,1-2H3. The van der Waals surface area contributed by atoms with E-state index in [9.17, 15) is 8.42 Å². The second-order valence-corrected chi connectivity index (χ2v) is 8.19. The second-order valence-electron chi connectivity index (χ2n) is 4.07. The summed E-state index contributed by atoms with van der Waals surface area (Å²) in [5, 5.41) is 0. The average molecular weight is 387 g/mol. The third-order valence-corrected chi connectivity index (χ3v) is 6.52. The van der Waals surface area contributed by atoms with Crippen LogP contribution in [0.1, 0.15) is 12.0 Å².